The third-order valence-corrected chi connectivity index (χ3v) is 5.64. The first kappa shape index (κ1) is 19.5. The molecular weight excluding hydrogens is 432 g/mol. The number of pyridine rings is 1. The van der Waals surface area contributed by atoms with Crippen molar-refractivity contribution < 1.29 is 14.3 Å². The highest BCUT2D eigenvalue weighted by Crippen LogP contribution is 2.41. The van der Waals surface area contributed by atoms with Crippen molar-refractivity contribution in [3.05, 3.63) is 87.7 Å². The van der Waals surface area contributed by atoms with Gasteiger partial charge in [-0.15, -0.1) is 0 Å². The molecule has 0 fully saturated rings. The van der Waals surface area contributed by atoms with E-state index in [9.17, 15) is 4.79 Å². The van der Waals surface area contributed by atoms with E-state index in [2.05, 4.69) is 33.0 Å². The second kappa shape index (κ2) is 8.25. The lowest BCUT2D eigenvalue weighted by atomic mass is 9.87. The molecule has 6 heteroatoms. The van der Waals surface area contributed by atoms with Gasteiger partial charge in [-0.3, -0.25) is 9.78 Å². The van der Waals surface area contributed by atoms with Crippen LogP contribution in [0.25, 0.3) is 0 Å². The highest BCUT2D eigenvalue weighted by molar-refractivity contribution is 9.10. The van der Waals surface area contributed by atoms with E-state index in [1.165, 1.54) is 0 Å². The number of benzene rings is 2. The van der Waals surface area contributed by atoms with Crippen molar-refractivity contribution in [1.29, 1.82) is 0 Å². The molecule has 0 saturated heterocycles. The highest BCUT2D eigenvalue weighted by Gasteiger charge is 2.34. The number of hydrogen-bond acceptors (Lipinski definition) is 4. The van der Waals surface area contributed by atoms with Crippen LogP contribution >= 0.6 is 15.9 Å². The summed E-state index contributed by atoms with van der Waals surface area (Å²) in [5.41, 5.74) is 3.82. The molecule has 0 saturated carbocycles. The molecular formula is C23H21BrN2O3. The smallest absolute Gasteiger partial charge is 0.256 e. The summed E-state index contributed by atoms with van der Waals surface area (Å²) in [5.74, 6) is 1.31. The molecule has 1 aliphatic heterocycles. The Morgan fingerprint density at radius 2 is 1.79 bits per heavy atom. The first-order chi connectivity index (χ1) is 14.1. The number of halogens is 1. The van der Waals surface area contributed by atoms with E-state index in [1.54, 1.807) is 26.6 Å². The van der Waals surface area contributed by atoms with E-state index in [0.29, 0.717) is 23.6 Å². The minimum absolute atomic E-state index is 0.0481. The summed E-state index contributed by atoms with van der Waals surface area (Å²) in [6.45, 7) is 0.605. The fourth-order valence-corrected chi connectivity index (χ4v) is 4.22. The van der Waals surface area contributed by atoms with E-state index < -0.39 is 0 Å². The fraction of sp³-hybridized carbons (Fsp3) is 0.217. The number of nitrogens with zero attached hydrogens (tertiary/aromatic N) is 2. The summed E-state index contributed by atoms with van der Waals surface area (Å²) in [6, 6.07) is 15.7. The molecule has 0 radical (unpaired) electrons. The van der Waals surface area contributed by atoms with Crippen LogP contribution in [0.5, 0.6) is 11.5 Å². The molecule has 1 atom stereocenters. The van der Waals surface area contributed by atoms with Crippen LogP contribution in [0, 0.1) is 0 Å². The first-order valence-electron chi connectivity index (χ1n) is 9.33. The van der Waals surface area contributed by atoms with E-state index in [4.69, 9.17) is 9.47 Å². The SMILES string of the molecule is COc1cc2c(cc1OC)[C@H](c1ccccc1)N(C(=O)c1cncc(Br)c1)CC2. The second-order valence-corrected chi connectivity index (χ2v) is 7.78. The van der Waals surface area contributed by atoms with Gasteiger partial charge >= 0.3 is 0 Å². The maximum absolute atomic E-state index is 13.4. The van der Waals surface area contributed by atoms with Crippen LogP contribution in [0.4, 0.5) is 0 Å². The van der Waals surface area contributed by atoms with E-state index in [-0.39, 0.29) is 11.9 Å². The van der Waals surface area contributed by atoms with Crippen molar-refractivity contribution in [2.45, 2.75) is 12.5 Å². The van der Waals surface area contributed by atoms with Gasteiger partial charge < -0.3 is 14.4 Å². The van der Waals surface area contributed by atoms with Gasteiger partial charge in [0.25, 0.3) is 5.91 Å². The Morgan fingerprint density at radius 1 is 1.07 bits per heavy atom. The van der Waals surface area contributed by atoms with Gasteiger partial charge in [0.15, 0.2) is 11.5 Å². The van der Waals surface area contributed by atoms with Gasteiger partial charge in [0.1, 0.15) is 0 Å². The average Bonchev–Trinajstić information content (AvgIpc) is 2.77. The van der Waals surface area contributed by atoms with Crippen LogP contribution in [-0.2, 0) is 6.42 Å². The van der Waals surface area contributed by atoms with Crippen LogP contribution in [0.1, 0.15) is 33.1 Å². The van der Waals surface area contributed by atoms with Crippen LogP contribution in [0.15, 0.2) is 65.4 Å². The van der Waals surface area contributed by atoms with Crippen molar-refractivity contribution in [3.8, 4) is 11.5 Å². The van der Waals surface area contributed by atoms with Crippen LogP contribution in [-0.4, -0.2) is 36.6 Å². The molecule has 29 heavy (non-hydrogen) atoms. The number of hydrogen-bond donors (Lipinski definition) is 0. The Bertz CT molecular complexity index is 1040. The lowest BCUT2D eigenvalue weighted by Gasteiger charge is -2.38. The number of fused-ring (bicyclic) bond motifs is 1. The van der Waals surface area contributed by atoms with Gasteiger partial charge in [-0.1, -0.05) is 30.3 Å². The fourth-order valence-electron chi connectivity index (χ4n) is 3.85. The van der Waals surface area contributed by atoms with Gasteiger partial charge in [0.2, 0.25) is 0 Å². The molecule has 1 amide bonds. The molecule has 0 N–H and O–H groups in total. The summed E-state index contributed by atoms with van der Waals surface area (Å²) >= 11 is 3.41. The number of ether oxygens (including phenoxy) is 2. The molecule has 0 bridgehead atoms. The number of methoxy groups -OCH3 is 2. The number of aromatic nitrogens is 1. The van der Waals surface area contributed by atoms with Crippen molar-refractivity contribution in [2.24, 2.45) is 0 Å². The number of carbonyl (C=O) groups excluding carboxylic acids is 1. The quantitative estimate of drug-likeness (QED) is 0.577. The average molecular weight is 453 g/mol. The lowest BCUT2D eigenvalue weighted by molar-refractivity contribution is 0.0693. The predicted octanol–water partition coefficient (Wildman–Crippen LogP) is 4.65. The van der Waals surface area contributed by atoms with Crippen molar-refractivity contribution >= 4 is 21.8 Å². The van der Waals surface area contributed by atoms with Gasteiger partial charge in [0, 0.05) is 23.4 Å². The molecule has 2 aromatic carbocycles. The Morgan fingerprint density at radius 3 is 2.48 bits per heavy atom. The minimum Gasteiger partial charge on any atom is -0.493 e. The Balaban J connectivity index is 1.84. The molecule has 3 aromatic rings. The van der Waals surface area contributed by atoms with E-state index in [0.717, 1.165) is 27.6 Å². The Hall–Kier alpha value is -2.86. The summed E-state index contributed by atoms with van der Waals surface area (Å²) in [7, 11) is 3.26. The summed E-state index contributed by atoms with van der Waals surface area (Å²) < 4.78 is 11.8. The van der Waals surface area contributed by atoms with Gasteiger partial charge in [-0.25, -0.2) is 0 Å². The molecule has 0 unspecified atom stereocenters. The molecule has 5 nitrogen and oxygen atoms in total. The summed E-state index contributed by atoms with van der Waals surface area (Å²) in [6.07, 6.45) is 4.03. The maximum Gasteiger partial charge on any atom is 0.256 e. The van der Waals surface area contributed by atoms with Crippen LogP contribution < -0.4 is 9.47 Å². The van der Waals surface area contributed by atoms with Crippen LogP contribution in [0.2, 0.25) is 0 Å². The Kier molecular flexibility index (Phi) is 5.53. The molecule has 2 heterocycles. The molecule has 148 valence electrons. The third-order valence-electron chi connectivity index (χ3n) is 5.20. The Labute approximate surface area is 178 Å². The normalized spacial score (nSPS) is 15.6. The van der Waals surface area contributed by atoms with E-state index in [1.807, 2.05) is 41.3 Å². The number of carbonyl (C=O) groups is 1. The second-order valence-electron chi connectivity index (χ2n) is 6.86. The predicted molar refractivity (Wildman–Crippen MR) is 115 cm³/mol. The summed E-state index contributed by atoms with van der Waals surface area (Å²) in [4.78, 5) is 19.5. The van der Waals surface area contributed by atoms with Gasteiger partial charge in [-0.05, 0) is 57.2 Å². The molecule has 1 aliphatic rings. The van der Waals surface area contributed by atoms with Crippen molar-refractivity contribution in [2.75, 3.05) is 20.8 Å². The van der Waals surface area contributed by atoms with E-state index >= 15 is 0 Å². The largest absolute Gasteiger partial charge is 0.493 e. The highest BCUT2D eigenvalue weighted by atomic mass is 79.9. The zero-order valence-electron chi connectivity index (χ0n) is 16.3. The van der Waals surface area contributed by atoms with Crippen molar-refractivity contribution in [3.63, 3.8) is 0 Å². The van der Waals surface area contributed by atoms with Crippen LogP contribution in [0.3, 0.4) is 0 Å². The first-order valence-corrected chi connectivity index (χ1v) is 10.1. The van der Waals surface area contributed by atoms with Gasteiger partial charge in [0.05, 0.1) is 25.8 Å². The monoisotopic (exact) mass is 452 g/mol. The maximum atomic E-state index is 13.4. The number of rotatable bonds is 4. The zero-order chi connectivity index (χ0) is 20.4. The number of amides is 1. The molecule has 0 spiro atoms. The van der Waals surface area contributed by atoms with Crippen molar-refractivity contribution in [1.82, 2.24) is 9.88 Å². The molecule has 1 aromatic heterocycles. The topological polar surface area (TPSA) is 51.7 Å². The zero-order valence-corrected chi connectivity index (χ0v) is 17.8. The molecule has 0 aliphatic carbocycles. The van der Waals surface area contributed by atoms with Gasteiger partial charge in [-0.2, -0.15) is 0 Å². The minimum atomic E-state index is -0.216. The lowest BCUT2D eigenvalue weighted by Crippen LogP contribution is -2.40. The third kappa shape index (κ3) is 3.72. The standard InChI is InChI=1S/C23H21BrN2O3/c1-28-20-11-16-8-9-26(23(27)17-10-18(24)14-25-13-17)22(15-6-4-3-5-7-15)19(16)12-21(20)29-2/h3-7,10-14,22H,8-9H2,1-2H3/t22-/m0/s1. The molecule has 4 rings (SSSR count). The summed E-state index contributed by atoms with van der Waals surface area (Å²) in [5, 5.41) is 0.